The number of nitrogens with zero attached hydrogens (tertiary/aromatic N) is 4. The van der Waals surface area contributed by atoms with Crippen LogP contribution >= 0.6 is 0 Å². The number of hydrogen-bond donors (Lipinski definition) is 0. The Hall–Kier alpha value is -10.3. The fraction of sp³-hybridized carbons (Fsp3) is 0.519. The van der Waals surface area contributed by atoms with E-state index in [4.69, 9.17) is 76.8 Å². The van der Waals surface area contributed by atoms with Gasteiger partial charge in [-0.25, -0.2) is 0 Å². The van der Waals surface area contributed by atoms with Gasteiger partial charge in [-0.1, -0.05) is 83.1 Å². The zero-order chi connectivity index (χ0) is 96.0. The SMILES string of the molecule is C1CCOC1.C1CCOC1.C1CCOC1.C1CCOC1.CCOC(=O)C(Cc1cc(C(C)(C)C)cc(CC(C(=O)OCC)C(=O)OCC)c1[C+]1c2ccc([n-]2)[C+](c2ccc(C(C)(C)C)cc2)c2ccc([n-]2)[C+](c2c(CC(C(=O)OCC)C(=O)OCC)cc(C(C)(C)C)cc2CC(C(=O)OCC)C(=O)OCC)c2ccc([n-]2)[C+](c2ccc(C(C)(C)C)cc2)c2ccc1[n-]2)C(=O)OCC.[Zn]. The first-order chi connectivity index (χ1) is 63.0. The first-order valence-electron chi connectivity index (χ1n) is 47.3. The van der Waals surface area contributed by atoms with E-state index in [2.05, 4.69) is 65.8 Å². The molecule has 13 rings (SSSR count). The molecule has 0 spiro atoms. The topological polar surface area (TPSA) is 304 Å². The first-order valence-corrected chi connectivity index (χ1v) is 47.3. The van der Waals surface area contributed by atoms with Crippen LogP contribution in [0.1, 0.15) is 302 Å². The van der Waals surface area contributed by atoms with Crippen molar-refractivity contribution < 1.29 is 115 Å². The van der Waals surface area contributed by atoms with Gasteiger partial charge in [-0.15, -0.1) is 0 Å². The molecule has 9 heterocycles. The van der Waals surface area contributed by atoms with Gasteiger partial charge in [0.15, 0.2) is 23.7 Å². The van der Waals surface area contributed by atoms with Gasteiger partial charge >= 0.3 is 47.8 Å². The van der Waals surface area contributed by atoms with E-state index >= 15 is 0 Å². The van der Waals surface area contributed by atoms with Crippen LogP contribution in [-0.2, 0) is 162 Å². The second kappa shape index (κ2) is 51.4. The van der Waals surface area contributed by atoms with E-state index in [-0.39, 0.29) is 109 Å². The first kappa shape index (κ1) is 108. The number of fused-ring (bicyclic) bond motifs is 8. The van der Waals surface area contributed by atoms with Gasteiger partial charge < -0.3 is 76.8 Å². The van der Waals surface area contributed by atoms with E-state index in [0.717, 1.165) is 75.1 Å². The molecule has 5 aliphatic rings. The quantitative estimate of drug-likeness (QED) is 0.0145. The normalized spacial score (nSPS) is 14.3. The second-order valence-electron chi connectivity index (χ2n) is 37.2. The number of rotatable bonds is 28. The minimum atomic E-state index is -1.51. The molecule has 4 aromatic carbocycles. The van der Waals surface area contributed by atoms with Crippen LogP contribution in [-0.4, -0.2) is 153 Å². The maximum Gasteiger partial charge on any atom is 0.321 e. The number of hydrogen-bond acceptors (Lipinski definition) is 20. The maximum atomic E-state index is 14.5. The summed E-state index contributed by atoms with van der Waals surface area (Å²) in [7, 11) is 0. The predicted molar refractivity (Wildman–Crippen MR) is 504 cm³/mol. The summed E-state index contributed by atoms with van der Waals surface area (Å²) in [6.07, 6.45) is 9.08. The van der Waals surface area contributed by atoms with Crippen LogP contribution in [0.15, 0.2) is 121 Å². The van der Waals surface area contributed by atoms with E-state index in [1.807, 2.05) is 139 Å². The average Bonchev–Trinajstić information content (AvgIpc) is 1.63. The molecule has 4 fully saturated rings. The Morgan fingerprint density at radius 2 is 0.429 bits per heavy atom. The van der Waals surface area contributed by atoms with Gasteiger partial charge in [0.25, 0.3) is 0 Å². The van der Waals surface area contributed by atoms with E-state index in [0.29, 0.717) is 114 Å². The van der Waals surface area contributed by atoms with Crippen LogP contribution in [0.4, 0.5) is 0 Å². The van der Waals surface area contributed by atoms with Crippen LogP contribution in [0.5, 0.6) is 0 Å². The summed E-state index contributed by atoms with van der Waals surface area (Å²) in [5, 5.41) is 0. The number of benzene rings is 4. The standard InChI is InChI=1S/C92H108N4O16.4C4H8O.Zn/c1-21-105-81(97)63(82(98)106-22-2)49-55-45-61(91(15,16)17)46-56(50-64(83(99)107-23-3)84(100)108-24-4)75(55)79-71-41-37-67(93-71)77(53-29-33-59(34-30-53)89(9,10)11)69-39-43-73(95-69)80(74-44-40-70(96-74)78(68-38-42-72(79)94-68)54-31-35-60(36-32-54)90(12,13)14)76-57(51-65(85(101)109-25-5)86(102)110-26-6)47-62(92(18,19)20)48-58(76)52-66(87(103)111-27-7)88(104)112-28-8;4*1-2-4-5-3-1;/h29-48,63-66H,21-28,49-52H2,1-20H3;4*1-4H2;. The molecular formula is C108H140N4O20Zn. The van der Waals surface area contributed by atoms with Crippen molar-refractivity contribution in [1.82, 2.24) is 19.9 Å². The third-order valence-corrected chi connectivity index (χ3v) is 23.1. The fourth-order valence-electron chi connectivity index (χ4n) is 16.1. The minimum Gasteiger partial charge on any atom is -0.628 e. The van der Waals surface area contributed by atoms with Crippen LogP contribution < -0.4 is 19.9 Å². The number of esters is 8. The minimum absolute atomic E-state index is 0. The van der Waals surface area contributed by atoms with Crippen LogP contribution in [0.25, 0.3) is 0 Å². The summed E-state index contributed by atoms with van der Waals surface area (Å²) in [5.74, 6) is -10.7. The number of ether oxygens (including phenoxy) is 12. The van der Waals surface area contributed by atoms with E-state index in [9.17, 15) is 38.4 Å². The monoisotopic (exact) mass is 1880 g/mol. The summed E-state index contributed by atoms with van der Waals surface area (Å²) in [6, 6.07) is 39.0. The number of carbonyl (C=O) groups excluding carboxylic acids is 8. The van der Waals surface area contributed by atoms with Crippen molar-refractivity contribution >= 4 is 47.8 Å². The van der Waals surface area contributed by atoms with Crippen molar-refractivity contribution in [3.05, 3.63) is 257 Å². The number of carbonyl (C=O) groups is 8. The molecule has 4 saturated heterocycles. The molecule has 24 nitrogen and oxygen atoms in total. The third kappa shape index (κ3) is 29.9. The van der Waals surface area contributed by atoms with Crippen LogP contribution in [0.3, 0.4) is 0 Å². The Balaban J connectivity index is 0.000000913. The molecule has 25 heteroatoms. The summed E-state index contributed by atoms with van der Waals surface area (Å²) in [5.41, 5.74) is 8.82. The van der Waals surface area contributed by atoms with E-state index < -0.39 is 82.3 Å². The maximum absolute atomic E-state index is 14.5. The van der Waals surface area contributed by atoms with Gasteiger partial charge in [0.2, 0.25) is 0 Å². The molecule has 8 aromatic rings. The van der Waals surface area contributed by atoms with Gasteiger partial charge in [-0.2, -0.15) is 0 Å². The smallest absolute Gasteiger partial charge is 0.321 e. The Kier molecular flexibility index (Phi) is 41.8. The van der Waals surface area contributed by atoms with Crippen molar-refractivity contribution in [3.8, 4) is 0 Å². The zero-order valence-corrected chi connectivity index (χ0v) is 85.3. The van der Waals surface area contributed by atoms with Gasteiger partial charge in [0.1, 0.15) is 0 Å². The van der Waals surface area contributed by atoms with Gasteiger partial charge in [0, 0.05) is 217 Å². The van der Waals surface area contributed by atoms with Crippen molar-refractivity contribution in [2.75, 3.05) is 106 Å². The molecule has 0 atom stereocenters. The second-order valence-corrected chi connectivity index (χ2v) is 37.2. The Bertz CT molecular complexity index is 4380. The molecule has 0 amide bonds. The molecule has 0 saturated carbocycles. The molecule has 4 aromatic heterocycles. The molecule has 0 aliphatic carbocycles. The predicted octanol–water partition coefficient (Wildman–Crippen LogP) is 17.4. The Morgan fingerprint density at radius 1 is 0.263 bits per heavy atom. The van der Waals surface area contributed by atoms with Crippen molar-refractivity contribution in [1.29, 1.82) is 0 Å². The Labute approximate surface area is 801 Å². The molecule has 714 valence electrons. The van der Waals surface area contributed by atoms with Crippen molar-refractivity contribution in [2.24, 2.45) is 23.7 Å². The largest absolute Gasteiger partial charge is 0.628 e. The summed E-state index contributed by atoms with van der Waals surface area (Å²) < 4.78 is 65.2. The van der Waals surface area contributed by atoms with Gasteiger partial charge in [-0.3, -0.25) is 38.4 Å². The fourth-order valence-corrected chi connectivity index (χ4v) is 16.1. The third-order valence-electron chi connectivity index (χ3n) is 23.1. The summed E-state index contributed by atoms with van der Waals surface area (Å²) in [6.45, 7) is 45.7. The van der Waals surface area contributed by atoms with Crippen LogP contribution in [0.2, 0.25) is 0 Å². The molecule has 0 radical (unpaired) electrons. The van der Waals surface area contributed by atoms with Crippen LogP contribution in [0, 0.1) is 47.3 Å². The summed E-state index contributed by atoms with van der Waals surface area (Å²) in [4.78, 5) is 139. The summed E-state index contributed by atoms with van der Waals surface area (Å²) >= 11 is 0. The molecular weight excluding hydrogens is 1740 g/mol. The van der Waals surface area contributed by atoms with Gasteiger partial charge in [0.05, 0.1) is 75.1 Å². The number of aromatic nitrogens is 4. The van der Waals surface area contributed by atoms with E-state index in [1.54, 1.807) is 55.4 Å². The molecule has 0 unspecified atom stereocenters. The average molecular weight is 1880 g/mol. The Morgan fingerprint density at radius 3 is 0.571 bits per heavy atom. The molecule has 5 aliphatic heterocycles. The molecule has 0 N–H and O–H groups in total. The van der Waals surface area contributed by atoms with Crippen molar-refractivity contribution in [2.45, 2.75) is 237 Å². The zero-order valence-electron chi connectivity index (χ0n) is 82.3. The van der Waals surface area contributed by atoms with E-state index in [1.165, 1.54) is 51.4 Å². The molecule has 133 heavy (non-hydrogen) atoms. The van der Waals surface area contributed by atoms with Crippen molar-refractivity contribution in [3.63, 3.8) is 0 Å². The van der Waals surface area contributed by atoms with Gasteiger partial charge in [-0.05, 0) is 245 Å². The molecule has 8 bridgehead atoms.